The highest BCUT2D eigenvalue weighted by Crippen LogP contribution is 2.24. The van der Waals surface area contributed by atoms with E-state index in [1.165, 1.54) is 22.3 Å². The van der Waals surface area contributed by atoms with E-state index in [1.807, 2.05) is 19.9 Å². The van der Waals surface area contributed by atoms with Gasteiger partial charge in [-0.3, -0.25) is 4.79 Å². The van der Waals surface area contributed by atoms with Crippen LogP contribution in [0.4, 0.5) is 10.1 Å². The average Bonchev–Trinajstić information content (AvgIpc) is 2.75. The summed E-state index contributed by atoms with van der Waals surface area (Å²) in [6.07, 6.45) is 0.905. The van der Waals surface area contributed by atoms with Crippen LogP contribution >= 0.6 is 11.3 Å². The van der Waals surface area contributed by atoms with E-state index in [0.717, 1.165) is 17.5 Å². The Hall–Kier alpha value is -1.68. The van der Waals surface area contributed by atoms with Crippen molar-refractivity contribution in [2.24, 2.45) is 0 Å². The molecule has 0 unspecified atom stereocenters. The summed E-state index contributed by atoms with van der Waals surface area (Å²) in [5.41, 5.74) is 2.25. The lowest BCUT2D eigenvalue weighted by Gasteiger charge is -2.05. The van der Waals surface area contributed by atoms with Crippen LogP contribution in [0.15, 0.2) is 24.3 Å². The number of hydrogen-bond acceptors (Lipinski definition) is 2. The summed E-state index contributed by atoms with van der Waals surface area (Å²) in [7, 11) is 0. The van der Waals surface area contributed by atoms with Crippen LogP contribution in [0.5, 0.6) is 0 Å². The molecule has 0 radical (unpaired) electrons. The van der Waals surface area contributed by atoms with Crippen LogP contribution in [0, 0.1) is 19.7 Å². The van der Waals surface area contributed by atoms with Crippen LogP contribution in [0.3, 0.4) is 0 Å². The van der Waals surface area contributed by atoms with E-state index < -0.39 is 5.82 Å². The number of carbonyl (C=O) groups is 1. The first kappa shape index (κ1) is 13.7. The molecule has 0 bridgehead atoms. The minimum atomic E-state index is -0.414. The van der Waals surface area contributed by atoms with E-state index in [9.17, 15) is 9.18 Å². The van der Waals surface area contributed by atoms with E-state index in [1.54, 1.807) is 12.1 Å². The predicted molar refractivity (Wildman–Crippen MR) is 77.5 cm³/mol. The topological polar surface area (TPSA) is 29.1 Å². The molecule has 1 amide bonds. The molecule has 0 aliphatic carbocycles. The summed E-state index contributed by atoms with van der Waals surface area (Å²) < 4.78 is 13.6. The third kappa shape index (κ3) is 3.01. The predicted octanol–water partition coefficient (Wildman–Crippen LogP) is 4.32. The van der Waals surface area contributed by atoms with Crippen molar-refractivity contribution < 1.29 is 9.18 Å². The van der Waals surface area contributed by atoms with Crippen molar-refractivity contribution in [3.63, 3.8) is 0 Å². The van der Waals surface area contributed by atoms with Gasteiger partial charge < -0.3 is 5.32 Å². The zero-order valence-corrected chi connectivity index (χ0v) is 12.0. The number of amides is 1. The highest BCUT2D eigenvalue weighted by atomic mass is 32.1. The van der Waals surface area contributed by atoms with E-state index in [0.29, 0.717) is 4.88 Å². The number of anilines is 1. The summed E-state index contributed by atoms with van der Waals surface area (Å²) in [6.45, 7) is 5.90. The van der Waals surface area contributed by atoms with Gasteiger partial charge in [-0.25, -0.2) is 4.39 Å². The van der Waals surface area contributed by atoms with Gasteiger partial charge in [0.25, 0.3) is 5.91 Å². The Labute approximate surface area is 116 Å². The monoisotopic (exact) mass is 277 g/mol. The lowest BCUT2D eigenvalue weighted by atomic mass is 10.2. The molecule has 1 aromatic carbocycles. The van der Waals surface area contributed by atoms with Gasteiger partial charge in [-0.15, -0.1) is 11.3 Å². The lowest BCUT2D eigenvalue weighted by Crippen LogP contribution is -2.11. The molecule has 1 N–H and O–H groups in total. The van der Waals surface area contributed by atoms with Crippen LogP contribution < -0.4 is 5.32 Å². The Morgan fingerprint density at radius 1 is 1.32 bits per heavy atom. The van der Waals surface area contributed by atoms with Crippen LogP contribution in [-0.4, -0.2) is 5.91 Å². The summed E-state index contributed by atoms with van der Waals surface area (Å²) in [4.78, 5) is 13.9. The third-order valence-corrected chi connectivity index (χ3v) is 4.32. The van der Waals surface area contributed by atoms with Gasteiger partial charge in [0.15, 0.2) is 0 Å². The highest BCUT2D eigenvalue weighted by Gasteiger charge is 2.13. The molecule has 2 nitrogen and oxygen atoms in total. The zero-order valence-electron chi connectivity index (χ0n) is 11.2. The van der Waals surface area contributed by atoms with Crippen LogP contribution in [0.1, 0.15) is 32.6 Å². The summed E-state index contributed by atoms with van der Waals surface area (Å²) in [5.74, 6) is -0.666. The van der Waals surface area contributed by atoms with Crippen molar-refractivity contribution in [1.82, 2.24) is 0 Å². The number of benzene rings is 1. The number of hydrogen-bond donors (Lipinski definition) is 1. The number of carbonyl (C=O) groups excluding carboxylic acids is 1. The van der Waals surface area contributed by atoms with Gasteiger partial charge in [-0.2, -0.15) is 0 Å². The number of rotatable bonds is 3. The van der Waals surface area contributed by atoms with E-state index in [2.05, 4.69) is 12.2 Å². The summed E-state index contributed by atoms with van der Waals surface area (Å²) in [6, 6.07) is 6.53. The zero-order chi connectivity index (χ0) is 14.0. The van der Waals surface area contributed by atoms with Gasteiger partial charge >= 0.3 is 0 Å². The molecule has 4 heteroatoms. The van der Waals surface area contributed by atoms with Crippen LogP contribution in [0.2, 0.25) is 0 Å². The normalized spacial score (nSPS) is 10.5. The standard InChI is InChI=1S/C15H16FNOS/c1-4-13-10(3)8-14(19-13)15(18)17-12-7-9(2)5-6-11(12)16/h5-8H,4H2,1-3H3,(H,17,18). The minimum Gasteiger partial charge on any atom is -0.319 e. The third-order valence-electron chi connectivity index (χ3n) is 2.94. The summed E-state index contributed by atoms with van der Waals surface area (Å²) >= 11 is 1.46. The van der Waals surface area contributed by atoms with Gasteiger partial charge in [0.1, 0.15) is 5.82 Å². The van der Waals surface area contributed by atoms with Crippen LogP contribution in [-0.2, 0) is 6.42 Å². The van der Waals surface area contributed by atoms with Crippen molar-refractivity contribution >= 4 is 22.9 Å². The quantitative estimate of drug-likeness (QED) is 0.889. The maximum atomic E-state index is 13.6. The second-order valence-corrected chi connectivity index (χ2v) is 5.64. The Bertz CT molecular complexity index is 619. The van der Waals surface area contributed by atoms with Crippen molar-refractivity contribution in [1.29, 1.82) is 0 Å². The number of nitrogens with one attached hydrogen (secondary N) is 1. The van der Waals surface area contributed by atoms with Gasteiger partial charge in [-0.1, -0.05) is 13.0 Å². The molecule has 0 saturated carbocycles. The fraction of sp³-hybridized carbons (Fsp3) is 0.267. The fourth-order valence-corrected chi connectivity index (χ4v) is 2.91. The molecule has 1 heterocycles. The maximum absolute atomic E-state index is 13.6. The number of thiophene rings is 1. The fourth-order valence-electron chi connectivity index (χ4n) is 1.90. The van der Waals surface area contributed by atoms with Crippen molar-refractivity contribution in [2.45, 2.75) is 27.2 Å². The first-order valence-corrected chi connectivity index (χ1v) is 6.99. The molecule has 19 heavy (non-hydrogen) atoms. The van der Waals surface area contributed by atoms with Crippen LogP contribution in [0.25, 0.3) is 0 Å². The molecule has 0 fully saturated rings. The maximum Gasteiger partial charge on any atom is 0.265 e. The first-order chi connectivity index (χ1) is 9.01. The lowest BCUT2D eigenvalue weighted by molar-refractivity contribution is 0.103. The number of aryl methyl sites for hydroxylation is 3. The molecule has 100 valence electrons. The molecule has 0 atom stereocenters. The van der Waals surface area contributed by atoms with E-state index in [4.69, 9.17) is 0 Å². The molecule has 0 spiro atoms. The Kier molecular flexibility index (Phi) is 4.00. The molecule has 1 aromatic heterocycles. The molecule has 2 aromatic rings. The van der Waals surface area contributed by atoms with Crippen molar-refractivity contribution in [3.05, 3.63) is 51.0 Å². The molecule has 2 rings (SSSR count). The smallest absolute Gasteiger partial charge is 0.265 e. The van der Waals surface area contributed by atoms with Gasteiger partial charge in [0, 0.05) is 4.88 Å². The van der Waals surface area contributed by atoms with Gasteiger partial charge in [0.2, 0.25) is 0 Å². The van der Waals surface area contributed by atoms with E-state index in [-0.39, 0.29) is 11.6 Å². The molecular formula is C15H16FNOS. The second-order valence-electron chi connectivity index (χ2n) is 4.51. The minimum absolute atomic E-state index is 0.231. The van der Waals surface area contributed by atoms with Gasteiger partial charge in [-0.05, 0) is 49.6 Å². The summed E-state index contributed by atoms with van der Waals surface area (Å²) in [5, 5.41) is 2.63. The number of halogens is 1. The molecule has 0 aliphatic heterocycles. The largest absolute Gasteiger partial charge is 0.319 e. The SMILES string of the molecule is CCc1sc(C(=O)Nc2cc(C)ccc2F)cc1C. The molecule has 0 aliphatic rings. The highest BCUT2D eigenvalue weighted by molar-refractivity contribution is 7.14. The molecule has 0 saturated heterocycles. The Balaban J connectivity index is 2.22. The van der Waals surface area contributed by atoms with Crippen molar-refractivity contribution in [3.8, 4) is 0 Å². The second kappa shape index (κ2) is 5.53. The molecular weight excluding hydrogens is 261 g/mol. The first-order valence-electron chi connectivity index (χ1n) is 6.18. The van der Waals surface area contributed by atoms with Crippen molar-refractivity contribution in [2.75, 3.05) is 5.32 Å². The van der Waals surface area contributed by atoms with E-state index >= 15 is 0 Å². The average molecular weight is 277 g/mol. The van der Waals surface area contributed by atoms with Gasteiger partial charge in [0.05, 0.1) is 10.6 Å². The Morgan fingerprint density at radius 3 is 2.68 bits per heavy atom. The Morgan fingerprint density at radius 2 is 2.05 bits per heavy atom.